The summed E-state index contributed by atoms with van der Waals surface area (Å²) in [6.45, 7) is 5.43. The molecule has 2 atom stereocenters. The summed E-state index contributed by atoms with van der Waals surface area (Å²) in [6.07, 6.45) is 3.56. The minimum Gasteiger partial charge on any atom is -0.383 e. The quantitative estimate of drug-likeness (QED) is 0.0348. The first kappa shape index (κ1) is 54.5. The number of piperidine rings is 2. The molecule has 0 radical (unpaired) electrons. The number of rotatable bonds is 26. The Morgan fingerprint density at radius 2 is 1.52 bits per heavy atom. The van der Waals surface area contributed by atoms with Crippen LogP contribution in [0.5, 0.6) is 0 Å². The summed E-state index contributed by atoms with van der Waals surface area (Å²) in [5, 5.41) is 13.0. The molecule has 0 saturated carbocycles. The molecule has 4 aromatic rings. The third-order valence-corrected chi connectivity index (χ3v) is 14.5. The number of pyridine rings is 1. The average molecular weight is 1060 g/mol. The fourth-order valence-electron chi connectivity index (χ4n) is 9.19. The van der Waals surface area contributed by atoms with E-state index in [2.05, 4.69) is 36.4 Å². The van der Waals surface area contributed by atoms with Crippen LogP contribution in [0.25, 0.3) is 22.3 Å². The van der Waals surface area contributed by atoms with Crippen LogP contribution in [0.1, 0.15) is 68.7 Å². The van der Waals surface area contributed by atoms with Gasteiger partial charge in [-0.05, 0) is 73.2 Å². The third kappa shape index (κ3) is 13.9. The minimum absolute atomic E-state index is 0.0446. The van der Waals surface area contributed by atoms with Crippen LogP contribution in [0.2, 0.25) is 0 Å². The van der Waals surface area contributed by atoms with Gasteiger partial charge in [0.1, 0.15) is 17.7 Å². The first-order valence-corrected chi connectivity index (χ1v) is 26.4. The number of carbonyl (C=O) groups is 6. The number of nitrogens with zero attached hydrogens (tertiary/aromatic N) is 3. The fraction of sp³-hybridized carbons (Fsp3) is 0.431. The van der Waals surface area contributed by atoms with Gasteiger partial charge in [-0.2, -0.15) is 0 Å². The van der Waals surface area contributed by atoms with Gasteiger partial charge in [0.25, 0.3) is 17.7 Å². The number of aromatic nitrogens is 1. The van der Waals surface area contributed by atoms with Crippen molar-refractivity contribution in [3.05, 3.63) is 94.9 Å². The molecule has 75 heavy (non-hydrogen) atoms. The number of hydrogen-bond donors (Lipinski definition) is 7. The van der Waals surface area contributed by atoms with Crippen molar-refractivity contribution in [3.8, 4) is 22.3 Å². The van der Waals surface area contributed by atoms with E-state index in [4.69, 9.17) is 24.7 Å². The summed E-state index contributed by atoms with van der Waals surface area (Å²) in [6, 6.07) is 14.1. The molecule has 8 N–H and O–H groups in total. The number of hydrogen-bond acceptors (Lipinski definition) is 17. The zero-order chi connectivity index (χ0) is 52.9. The Bertz CT molecular complexity index is 2890. The second-order valence-corrected chi connectivity index (χ2v) is 19.9. The molecule has 6 amide bonds. The number of nitrogen functional groups attached to an aromatic ring is 1. The lowest BCUT2D eigenvalue weighted by atomic mass is 9.94. The Morgan fingerprint density at radius 3 is 2.27 bits per heavy atom. The molecule has 1 aromatic heterocycles. The van der Waals surface area contributed by atoms with E-state index < -0.39 is 51.6 Å². The summed E-state index contributed by atoms with van der Waals surface area (Å²) < 4.78 is 67.5. The van der Waals surface area contributed by atoms with E-state index in [1.165, 1.54) is 24.4 Å². The highest BCUT2D eigenvalue weighted by atomic mass is 32.2. The number of amides is 6. The molecule has 4 aliphatic rings. The zero-order valence-electron chi connectivity index (χ0n) is 41.3. The Labute approximate surface area is 432 Å². The summed E-state index contributed by atoms with van der Waals surface area (Å²) in [5.74, 6) is -3.15. The molecular weight excluding hydrogens is 996 g/mol. The largest absolute Gasteiger partial charge is 0.383 e. The van der Waals surface area contributed by atoms with Crippen LogP contribution in [0, 0.1) is 5.82 Å². The number of ether oxygens (including phenoxy) is 4. The molecule has 8 rings (SSSR count). The molecule has 2 saturated heterocycles. The van der Waals surface area contributed by atoms with Crippen LogP contribution < -0.4 is 37.1 Å². The molecule has 3 aromatic carbocycles. The number of anilines is 2. The van der Waals surface area contributed by atoms with Gasteiger partial charge in [-0.25, -0.2) is 27.5 Å². The average Bonchev–Trinajstić information content (AvgIpc) is 3.64. The predicted molar refractivity (Wildman–Crippen MR) is 271 cm³/mol. The number of nitrogens with one attached hydrogen (secondary N) is 6. The molecule has 22 nitrogen and oxygen atoms in total. The molecule has 0 spiro atoms. The maximum atomic E-state index is 15.7. The highest BCUT2D eigenvalue weighted by molar-refractivity contribution is 7.89. The SMILES string of the molecule is Nc1ncc(-c2ccc(S(=O)(=O)NC3CCCN(NC(=O)CCNCCOCCOCCOCCOCCNc4cccc5c4C(=O)N(C4CCC(=O)NC4=O)C5=O)C3)cc2F)cc1-c1ccc2c(c1)CCNC2=O. The highest BCUT2D eigenvalue weighted by Crippen LogP contribution is 2.34. The molecule has 24 heteroatoms. The Hall–Kier alpha value is -6.77. The zero-order valence-corrected chi connectivity index (χ0v) is 42.1. The molecule has 5 heterocycles. The van der Waals surface area contributed by atoms with Crippen LogP contribution in [0.3, 0.4) is 0 Å². The molecule has 2 fully saturated rings. The monoisotopic (exact) mass is 1060 g/mol. The van der Waals surface area contributed by atoms with Crippen molar-refractivity contribution in [1.29, 1.82) is 0 Å². The first-order chi connectivity index (χ1) is 36.3. The van der Waals surface area contributed by atoms with Gasteiger partial charge >= 0.3 is 0 Å². The number of nitrogens with two attached hydrogens (primary N) is 1. The molecule has 400 valence electrons. The predicted octanol–water partition coefficient (Wildman–Crippen LogP) is 1.76. The summed E-state index contributed by atoms with van der Waals surface area (Å²) in [7, 11) is -4.12. The van der Waals surface area contributed by atoms with Gasteiger partial charge in [-0.3, -0.25) is 44.4 Å². The van der Waals surface area contributed by atoms with Gasteiger partial charge in [0.05, 0.1) is 68.9 Å². The van der Waals surface area contributed by atoms with Gasteiger partial charge in [0.15, 0.2) is 0 Å². The molecule has 2 unspecified atom stereocenters. The van der Waals surface area contributed by atoms with Crippen molar-refractivity contribution in [2.24, 2.45) is 0 Å². The van der Waals surface area contributed by atoms with Gasteiger partial charge in [0.2, 0.25) is 27.7 Å². The number of benzene rings is 3. The van der Waals surface area contributed by atoms with Gasteiger partial charge in [-0.1, -0.05) is 24.3 Å². The van der Waals surface area contributed by atoms with Crippen molar-refractivity contribution in [2.75, 3.05) is 103 Å². The second kappa shape index (κ2) is 25.6. The Kier molecular flexibility index (Phi) is 18.6. The smallest absolute Gasteiger partial charge is 0.264 e. The van der Waals surface area contributed by atoms with Crippen molar-refractivity contribution < 1.29 is 60.5 Å². The Balaban J connectivity index is 0.637. The van der Waals surface area contributed by atoms with E-state index >= 15 is 4.39 Å². The lowest BCUT2D eigenvalue weighted by Crippen LogP contribution is -2.54. The number of sulfonamides is 1. The topological polar surface area (TPSA) is 291 Å². The number of halogens is 1. The van der Waals surface area contributed by atoms with Gasteiger partial charge in [-0.15, -0.1) is 0 Å². The van der Waals surface area contributed by atoms with E-state index in [9.17, 15) is 37.2 Å². The fourth-order valence-corrected chi connectivity index (χ4v) is 10.5. The number of carbonyl (C=O) groups excluding carboxylic acids is 6. The number of imide groups is 2. The van der Waals surface area contributed by atoms with E-state index in [0.29, 0.717) is 127 Å². The van der Waals surface area contributed by atoms with Crippen LogP contribution in [-0.4, -0.2) is 163 Å². The third-order valence-electron chi connectivity index (χ3n) is 12.9. The van der Waals surface area contributed by atoms with E-state index in [-0.39, 0.29) is 65.0 Å². The molecule has 4 aliphatic heterocycles. The lowest BCUT2D eigenvalue weighted by Gasteiger charge is -2.33. The van der Waals surface area contributed by atoms with Crippen molar-refractivity contribution in [3.63, 3.8) is 0 Å². The summed E-state index contributed by atoms with van der Waals surface area (Å²) >= 11 is 0. The van der Waals surface area contributed by atoms with Crippen molar-refractivity contribution >= 4 is 57.0 Å². The van der Waals surface area contributed by atoms with E-state index in [1.807, 2.05) is 6.07 Å². The molecular formula is C51H61FN10O12S. The number of hydrazine groups is 1. The van der Waals surface area contributed by atoms with Crippen LogP contribution in [-0.2, 0) is 49.8 Å². The normalized spacial score (nSPS) is 17.9. The Morgan fingerprint density at radius 1 is 0.787 bits per heavy atom. The molecule has 0 aliphatic carbocycles. The van der Waals surface area contributed by atoms with Crippen LogP contribution in [0.15, 0.2) is 71.8 Å². The van der Waals surface area contributed by atoms with Gasteiger partial charge < -0.3 is 40.6 Å². The van der Waals surface area contributed by atoms with Crippen LogP contribution in [0.4, 0.5) is 15.9 Å². The molecule has 0 bridgehead atoms. The maximum Gasteiger partial charge on any atom is 0.264 e. The standard InChI is InChI=1S/C51H61FN10O12S/c52-41-29-36(7-9-37(41)34-28-40(47(53)57-30-34)32-6-8-38-33(27-32)12-15-56-48(38)65)75(69,70)60-35-3-2-18-61(31-35)59-45(64)13-14-54-16-19-71-21-23-73-25-26-74-24-22-72-20-17-55-42-5-1-4-39-46(42)51(68)62(50(39)67)43-10-11-44(63)58-49(43)66/h1,4-9,27-30,35,43,54-55,60H,2-3,10-26,31H2,(H2,53,57)(H,56,65)(H,59,64)(H,58,63,66). The van der Waals surface area contributed by atoms with Crippen molar-refractivity contribution in [1.82, 2.24) is 41.0 Å². The minimum atomic E-state index is -4.12. The second-order valence-electron chi connectivity index (χ2n) is 18.2. The maximum absolute atomic E-state index is 15.7. The number of fused-ring (bicyclic) bond motifs is 2. The van der Waals surface area contributed by atoms with Crippen LogP contribution >= 0.6 is 0 Å². The van der Waals surface area contributed by atoms with Gasteiger partial charge in [0, 0.05) is 92.3 Å². The van der Waals surface area contributed by atoms with E-state index in [0.717, 1.165) is 22.1 Å². The summed E-state index contributed by atoms with van der Waals surface area (Å²) in [5.41, 5.74) is 13.2. The highest BCUT2D eigenvalue weighted by Gasteiger charge is 2.45. The first-order valence-electron chi connectivity index (χ1n) is 24.9. The summed E-state index contributed by atoms with van der Waals surface area (Å²) in [4.78, 5) is 80.1. The van der Waals surface area contributed by atoms with E-state index in [1.54, 1.807) is 35.3 Å². The lowest BCUT2D eigenvalue weighted by molar-refractivity contribution is -0.136. The van der Waals surface area contributed by atoms with Crippen molar-refractivity contribution in [2.45, 2.75) is 55.5 Å².